The molecule has 15 atom stereocenters. The molecule has 44 nitrogen and oxygen atoms in total. The Labute approximate surface area is 762 Å². The average Bonchev–Trinajstić information content (AvgIpc) is 1.57. The second kappa shape index (κ2) is 48.4. The van der Waals surface area contributed by atoms with Crippen LogP contribution in [0.4, 0.5) is 0 Å². The molecule has 714 valence electrons. The number of hydrogen-bond donors (Lipinski definition) is 20. The zero-order valence-corrected chi connectivity index (χ0v) is 74.3. The van der Waals surface area contributed by atoms with E-state index in [0.29, 0.717) is 69.5 Å². The summed E-state index contributed by atoms with van der Waals surface area (Å²) in [6.07, 6.45) is 2.04. The number of amides is 17. The van der Waals surface area contributed by atoms with E-state index in [2.05, 4.69) is 63.1 Å². The third kappa shape index (κ3) is 28.0. The predicted molar refractivity (Wildman–Crippen MR) is 474 cm³/mol. The van der Waals surface area contributed by atoms with Crippen molar-refractivity contribution in [2.45, 2.75) is 213 Å². The van der Waals surface area contributed by atoms with Gasteiger partial charge in [0.05, 0.1) is 31.4 Å². The Morgan fingerprint density at radius 3 is 1.64 bits per heavy atom. The Morgan fingerprint density at radius 2 is 1.01 bits per heavy atom. The van der Waals surface area contributed by atoms with Crippen LogP contribution in [-0.2, 0) is 110 Å². The molecule has 3 saturated heterocycles. The minimum atomic E-state index is -1.95. The molecule has 2 bridgehead atoms. The van der Waals surface area contributed by atoms with E-state index in [1.807, 2.05) is 12.2 Å². The molecule has 9 rings (SSSR count). The molecule has 17 amide bonds. The predicted octanol–water partition coefficient (Wildman–Crippen LogP) is -4.60. The first-order valence-electron chi connectivity index (χ1n) is 43.4. The van der Waals surface area contributed by atoms with Gasteiger partial charge < -0.3 is 130 Å². The van der Waals surface area contributed by atoms with Crippen LogP contribution in [0, 0.1) is 0 Å². The number of aromatic nitrogens is 2. The van der Waals surface area contributed by atoms with E-state index in [-0.39, 0.29) is 70.1 Å². The Hall–Kier alpha value is -13.6. The van der Waals surface area contributed by atoms with Crippen LogP contribution in [-0.4, -0.2) is 328 Å². The van der Waals surface area contributed by atoms with Gasteiger partial charge in [0.1, 0.15) is 90.3 Å². The molecule has 4 aliphatic rings. The number of nitrogens with one attached hydrogen (secondary N) is 12. The van der Waals surface area contributed by atoms with Crippen LogP contribution in [0.5, 0.6) is 5.75 Å². The molecule has 0 aliphatic carbocycles. The van der Waals surface area contributed by atoms with Crippen LogP contribution >= 0.6 is 11.8 Å². The number of carboxylic acids is 2. The zero-order valence-electron chi connectivity index (χ0n) is 73.4. The number of benzene rings is 3. The summed E-state index contributed by atoms with van der Waals surface area (Å²) in [6.45, 7) is -2.24. The van der Waals surface area contributed by atoms with Gasteiger partial charge in [0, 0.05) is 119 Å². The van der Waals surface area contributed by atoms with Crippen molar-refractivity contribution in [1.82, 2.24) is 87.6 Å². The van der Waals surface area contributed by atoms with Crippen molar-refractivity contribution < 1.29 is 117 Å². The van der Waals surface area contributed by atoms with Crippen molar-refractivity contribution in [2.24, 2.45) is 17.2 Å². The van der Waals surface area contributed by atoms with Crippen molar-refractivity contribution in [3.05, 3.63) is 114 Å². The quantitative estimate of drug-likeness (QED) is 0.0346. The Kier molecular flexibility index (Phi) is 37.4. The number of rotatable bonds is 19. The Morgan fingerprint density at radius 1 is 0.492 bits per heavy atom. The monoisotopic (exact) mass is 1860 g/mol. The van der Waals surface area contributed by atoms with Crippen LogP contribution < -0.4 is 70.4 Å². The molecular weight excluding hydrogens is 1740 g/mol. The van der Waals surface area contributed by atoms with Gasteiger partial charge >= 0.3 is 11.9 Å². The number of phenolic OH excluding ortho intramolecular Hbond substituents is 1. The first-order chi connectivity index (χ1) is 62.9. The molecule has 3 aromatic carbocycles. The molecule has 132 heavy (non-hydrogen) atoms. The van der Waals surface area contributed by atoms with Crippen LogP contribution in [0.1, 0.15) is 120 Å². The molecule has 0 radical (unpaired) electrons. The van der Waals surface area contributed by atoms with E-state index < -0.39 is 279 Å². The van der Waals surface area contributed by atoms with E-state index in [1.54, 1.807) is 60.9 Å². The number of carbonyl (C=O) groups is 19. The summed E-state index contributed by atoms with van der Waals surface area (Å²) in [6, 6.07) is -4.43. The van der Waals surface area contributed by atoms with Crippen LogP contribution in [0.3, 0.4) is 0 Å². The first-order valence-corrected chi connectivity index (χ1v) is 44.5. The van der Waals surface area contributed by atoms with E-state index in [9.17, 15) is 83.1 Å². The number of thioether (sulfide) groups is 1. The van der Waals surface area contributed by atoms with Crippen LogP contribution in [0.2, 0.25) is 0 Å². The van der Waals surface area contributed by atoms with Crippen molar-refractivity contribution >= 4 is 146 Å². The van der Waals surface area contributed by atoms with Gasteiger partial charge in [-0.15, -0.1) is 11.8 Å². The molecule has 0 unspecified atom stereocenters. The van der Waals surface area contributed by atoms with Crippen molar-refractivity contribution in [3.63, 3.8) is 0 Å². The number of aromatic amines is 2. The number of H-pyrrole nitrogens is 2. The summed E-state index contributed by atoms with van der Waals surface area (Å²) < 4.78 is 0. The number of nitrogens with two attached hydrogens (primary N) is 3. The number of aromatic hydroxyl groups is 1. The van der Waals surface area contributed by atoms with E-state index >= 15 is 33.6 Å². The lowest BCUT2D eigenvalue weighted by atomic mass is 10.00. The van der Waals surface area contributed by atoms with Gasteiger partial charge in [-0.3, -0.25) is 91.1 Å². The number of carboxylic acid groups (broad SMARTS) is 2. The fourth-order valence-corrected chi connectivity index (χ4v) is 17.1. The largest absolute Gasteiger partial charge is 0.508 e. The van der Waals surface area contributed by atoms with E-state index in [4.69, 9.17) is 17.2 Å². The number of aliphatic hydroxyl groups excluding tert-OH is 2. The van der Waals surface area contributed by atoms with Crippen molar-refractivity contribution in [2.75, 3.05) is 65.4 Å². The summed E-state index contributed by atoms with van der Waals surface area (Å²) in [7, 11) is 3.72. The fraction of sp³-hybridized carbons (Fsp3) is 0.506. The molecule has 45 heteroatoms. The topological polar surface area (TPSA) is 672 Å². The summed E-state index contributed by atoms with van der Waals surface area (Å²) in [5.41, 5.74) is 19.5. The number of fused-ring (bicyclic) bond motifs is 7. The second-order valence-corrected chi connectivity index (χ2v) is 34.1. The number of aliphatic carboxylic acids is 2. The summed E-state index contributed by atoms with van der Waals surface area (Å²) >= 11 is 0.685. The number of allylic oxidation sites excluding steroid dienone is 2. The SMILES string of the molecule is C[C@H]1C(=O)N[C@@H](CC(=O)O)C(=O)N2CCC[C@H]2C(=O)N[C@@H](CN)C(=O)N[C@@H](CCC(N)=O)C(=O)N2C[C@H](O)C[C@H]2C(=O)N[C@@H](Cc2c[nH]c3ccccc23)C(=O)N[C@@H](CO)C(=O)N[C@@H](Cc2c[nH]c3ccccc23)C(=O)N(C)[C@H]2CCC/C=C\CCCC[C@@H](C(=O)N[C@@H](CCC(=O)O)C(=O)N[C@H](C(=O)NCC(N)=O)CSCC(=O)N[C@@H](Cc3ccc(O)cc3)C(=O)N1C)N(C)C2=O. The number of likely N-dealkylation sites (N-methyl/N-ethyl adjacent to an activating group) is 3. The highest BCUT2D eigenvalue weighted by atomic mass is 32.2. The minimum Gasteiger partial charge on any atom is -0.508 e. The maximum absolute atomic E-state index is 15.7. The normalized spacial score (nSPS) is 26.1. The molecule has 4 aliphatic heterocycles. The van der Waals surface area contributed by atoms with E-state index in [0.717, 1.165) is 31.5 Å². The molecule has 6 heterocycles. The van der Waals surface area contributed by atoms with Gasteiger partial charge in [0.2, 0.25) is 100 Å². The Balaban J connectivity index is 1.09. The summed E-state index contributed by atoms with van der Waals surface area (Å²) in [4.78, 5) is 283. The number of primary amides is 2. The molecule has 23 N–H and O–H groups in total. The average molecular weight is 1860 g/mol. The maximum Gasteiger partial charge on any atom is 0.305 e. The number of aliphatic hydroxyl groups is 2. The highest BCUT2D eigenvalue weighted by Crippen LogP contribution is 2.28. The highest BCUT2D eigenvalue weighted by Gasteiger charge is 2.47. The van der Waals surface area contributed by atoms with Gasteiger partial charge in [-0.1, -0.05) is 67.1 Å². The molecule has 2 aromatic heterocycles. The number of hydrogen-bond acceptors (Lipinski definition) is 24. The third-order valence-corrected chi connectivity index (χ3v) is 24.7. The zero-order chi connectivity index (χ0) is 96.3. The minimum absolute atomic E-state index is 0.0772. The number of para-hydroxylation sites is 2. The Bertz CT molecular complexity index is 5110. The lowest BCUT2D eigenvalue weighted by Crippen LogP contribution is -2.62. The van der Waals surface area contributed by atoms with Crippen molar-refractivity contribution in [3.8, 4) is 5.75 Å². The van der Waals surface area contributed by atoms with Gasteiger partial charge in [-0.25, -0.2) is 0 Å². The maximum atomic E-state index is 15.7. The third-order valence-electron chi connectivity index (χ3n) is 23.6. The van der Waals surface area contributed by atoms with Gasteiger partial charge in [0.15, 0.2) is 0 Å². The smallest absolute Gasteiger partial charge is 0.305 e. The van der Waals surface area contributed by atoms with Gasteiger partial charge in [0.25, 0.3) is 0 Å². The lowest BCUT2D eigenvalue weighted by molar-refractivity contribution is -0.149. The molecule has 0 spiro atoms. The standard InChI is InChI=1S/C87H116N20O24S/c1-46-74(118)98-61(37-73(116)117)86(130)106-32-16-23-66(106)81(125)100-62(38-88)78(122)96-57(28-30-69(89)111)85(129)107-42-51(110)36-68(107)82(126)97-58(34-48-39-91-54-19-14-12-17-52(48)54)77(121)101-63(43-108)79(123)99-60(35-49-40-92-55-20-15-13-18-53(49)55)84(128)105(4)67-22-11-9-7-5-6-8-10-21-65(104(3)87(67)131)80(124)95-56(29-31-72(114)115)76(120)102-64(75(119)93-41-70(90)112)44-132-45-71(113)94-59(83(127)103(46)2)33-47-24-26-50(109)27-25-47/h5,7,12-15,17-20,24-27,39-40,46,51,56-68,91-92,108-110H,6,8-11,16,21-23,28-38,41-45,88H2,1-4H3,(H2,89,111)(H2,90,112)(H,93,119)(H,94,113)(H,95,124)(H,96,122)(H,97,126)(H,98,118)(H,99,123)(H,100,125)(H,101,121)(H,102,120)(H,114,115)(H,116,117)/b7-5-/t46-,51+,56-,57-,58-,59-,60-,61-,62-,63-,64-,65-,66-,67-,68-/m0/s1. The number of carbonyl (C=O) groups excluding carboxylic acids is 17. The fourth-order valence-electron chi connectivity index (χ4n) is 16.2. The number of phenols is 1. The second-order valence-electron chi connectivity index (χ2n) is 33.1. The molecule has 5 aromatic rings. The summed E-state index contributed by atoms with van der Waals surface area (Å²) in [5, 5.41) is 79.1. The van der Waals surface area contributed by atoms with Gasteiger partial charge in [-0.05, 0) is 112 Å². The molecule has 0 saturated carbocycles. The van der Waals surface area contributed by atoms with E-state index in [1.165, 1.54) is 45.3 Å². The highest BCUT2D eigenvalue weighted by molar-refractivity contribution is 8.00. The van der Waals surface area contributed by atoms with Crippen molar-refractivity contribution in [1.29, 1.82) is 0 Å². The summed E-state index contributed by atoms with van der Waals surface area (Å²) in [5.74, 6) is -22.1. The molecular formula is C87H116N20O24S. The molecule has 3 fully saturated rings. The first kappa shape index (κ1) is 102. The van der Waals surface area contributed by atoms with Gasteiger partial charge in [-0.2, -0.15) is 0 Å². The van der Waals surface area contributed by atoms with Crippen LogP contribution in [0.15, 0.2) is 97.3 Å². The number of nitrogens with zero attached hydrogens (tertiary/aromatic N) is 5. The lowest BCUT2D eigenvalue weighted by Gasteiger charge is -2.36. The van der Waals surface area contributed by atoms with Crippen LogP contribution in [0.25, 0.3) is 21.8 Å².